The zero-order valence-corrected chi connectivity index (χ0v) is 14.3. The molecule has 0 saturated heterocycles. The molecule has 0 aliphatic rings. The van der Waals surface area contributed by atoms with Crippen LogP contribution in [0, 0.1) is 13.8 Å². The molecule has 0 aliphatic carbocycles. The molecule has 2 rings (SSSR count). The maximum atomic E-state index is 6.59. The molecule has 0 amide bonds. The highest BCUT2D eigenvalue weighted by Gasteiger charge is 2.17. The maximum absolute atomic E-state index is 6.59. The van der Waals surface area contributed by atoms with Crippen molar-refractivity contribution in [3.8, 4) is 0 Å². The van der Waals surface area contributed by atoms with E-state index in [0.717, 1.165) is 31.7 Å². The van der Waals surface area contributed by atoms with Gasteiger partial charge in [-0.1, -0.05) is 45.2 Å². The average Bonchev–Trinajstić information content (AvgIpc) is 2.36. The van der Waals surface area contributed by atoms with Crippen molar-refractivity contribution in [1.82, 2.24) is 0 Å². The van der Waals surface area contributed by atoms with Gasteiger partial charge in [-0.2, -0.15) is 0 Å². The Kier molecular flexibility index (Phi) is 4.84. The van der Waals surface area contributed by atoms with Crippen LogP contribution in [0.4, 0.5) is 0 Å². The lowest BCUT2D eigenvalue weighted by molar-refractivity contribution is 1.10. The summed E-state index contributed by atoms with van der Waals surface area (Å²) in [4.78, 5) is 0. The Hall–Kier alpha value is -0.210. The zero-order chi connectivity index (χ0) is 14.2. The molecule has 0 radical (unpaired) electrons. The van der Waals surface area contributed by atoms with E-state index in [0.29, 0.717) is 5.02 Å². The van der Waals surface area contributed by atoms with Crippen LogP contribution in [0.5, 0.6) is 0 Å². The molecular weight excluding hydrogens is 366 g/mol. The van der Waals surface area contributed by atoms with Crippen LogP contribution in [0.3, 0.4) is 0 Å². The van der Waals surface area contributed by atoms with Crippen molar-refractivity contribution in [2.45, 2.75) is 19.2 Å². The highest BCUT2D eigenvalue weighted by Crippen LogP contribution is 2.38. The van der Waals surface area contributed by atoms with Gasteiger partial charge in [-0.05, 0) is 60.4 Å². The summed E-state index contributed by atoms with van der Waals surface area (Å²) in [5, 5.41) is 1.13. The predicted molar refractivity (Wildman–Crippen MR) is 87.8 cm³/mol. The van der Waals surface area contributed by atoms with E-state index in [-0.39, 0.29) is 5.38 Å². The van der Waals surface area contributed by atoms with Crippen molar-refractivity contribution in [2.75, 3.05) is 0 Å². The fourth-order valence-electron chi connectivity index (χ4n) is 1.95. The summed E-state index contributed by atoms with van der Waals surface area (Å²) in [6.45, 7) is 3.97. The highest BCUT2D eigenvalue weighted by atomic mass is 79.9. The van der Waals surface area contributed by atoms with Crippen LogP contribution in [0.15, 0.2) is 34.8 Å². The number of halogens is 4. The molecule has 2 aromatic carbocycles. The molecule has 0 saturated carbocycles. The van der Waals surface area contributed by atoms with Gasteiger partial charge >= 0.3 is 0 Å². The smallest absolute Gasteiger partial charge is 0.0852 e. The van der Waals surface area contributed by atoms with Crippen LogP contribution in [0.25, 0.3) is 0 Å². The molecule has 0 bridgehead atoms. The topological polar surface area (TPSA) is 0 Å². The Bertz CT molecular complexity index is 623. The second-order valence-electron chi connectivity index (χ2n) is 4.49. The molecule has 0 nitrogen and oxygen atoms in total. The molecular formula is C15H12BrCl3. The van der Waals surface area contributed by atoms with Crippen LogP contribution in [0.2, 0.25) is 10.0 Å². The fraction of sp³-hybridized carbons (Fsp3) is 0.200. The normalized spacial score (nSPS) is 12.5. The Morgan fingerprint density at radius 2 is 1.58 bits per heavy atom. The zero-order valence-electron chi connectivity index (χ0n) is 10.5. The minimum Gasteiger partial charge on any atom is -0.113 e. The monoisotopic (exact) mass is 376 g/mol. The molecule has 19 heavy (non-hydrogen) atoms. The van der Waals surface area contributed by atoms with Gasteiger partial charge in [0, 0.05) is 14.5 Å². The fourth-order valence-corrected chi connectivity index (χ4v) is 3.25. The Labute approximate surface area is 136 Å². The van der Waals surface area contributed by atoms with E-state index in [9.17, 15) is 0 Å². The summed E-state index contributed by atoms with van der Waals surface area (Å²) < 4.78 is 0.959. The van der Waals surface area contributed by atoms with E-state index >= 15 is 0 Å². The van der Waals surface area contributed by atoms with E-state index in [1.54, 1.807) is 0 Å². The third-order valence-electron chi connectivity index (χ3n) is 3.05. The lowest BCUT2D eigenvalue weighted by Crippen LogP contribution is -1.98. The predicted octanol–water partition coefficient (Wildman–Crippen LogP) is 6.70. The molecule has 4 heteroatoms. The third kappa shape index (κ3) is 3.28. The first kappa shape index (κ1) is 15.2. The Morgan fingerprint density at radius 3 is 2.26 bits per heavy atom. The molecule has 0 N–H and O–H groups in total. The first-order chi connectivity index (χ1) is 8.90. The van der Waals surface area contributed by atoms with Gasteiger partial charge < -0.3 is 0 Å². The number of benzene rings is 2. The first-order valence-corrected chi connectivity index (χ1v) is 7.74. The van der Waals surface area contributed by atoms with Crippen LogP contribution >= 0.6 is 50.7 Å². The van der Waals surface area contributed by atoms with Gasteiger partial charge in [0.15, 0.2) is 0 Å². The van der Waals surface area contributed by atoms with Crippen LogP contribution in [0.1, 0.15) is 27.6 Å². The minimum atomic E-state index is -0.291. The first-order valence-electron chi connectivity index (χ1n) is 5.76. The summed E-state index contributed by atoms with van der Waals surface area (Å²) in [6.07, 6.45) is 0. The van der Waals surface area contributed by atoms with E-state index in [2.05, 4.69) is 15.9 Å². The Morgan fingerprint density at radius 1 is 0.895 bits per heavy atom. The van der Waals surface area contributed by atoms with E-state index in [4.69, 9.17) is 34.8 Å². The van der Waals surface area contributed by atoms with E-state index in [1.165, 1.54) is 0 Å². The second kappa shape index (κ2) is 6.05. The van der Waals surface area contributed by atoms with Crippen molar-refractivity contribution in [1.29, 1.82) is 0 Å². The minimum absolute atomic E-state index is 0.291. The van der Waals surface area contributed by atoms with Crippen molar-refractivity contribution < 1.29 is 0 Å². The molecule has 0 aliphatic heterocycles. The van der Waals surface area contributed by atoms with Crippen LogP contribution in [-0.2, 0) is 0 Å². The lowest BCUT2D eigenvalue weighted by Gasteiger charge is -2.16. The molecule has 0 spiro atoms. The highest BCUT2D eigenvalue weighted by molar-refractivity contribution is 9.10. The molecule has 0 heterocycles. The molecule has 0 aromatic heterocycles. The standard InChI is InChI=1S/C15H12BrCl3/c1-8-6-14(18)9(2)5-11(8)15(19)12-7-10(16)3-4-13(12)17/h3-7,15H,1-2H3. The van der Waals surface area contributed by atoms with Gasteiger partial charge in [0.2, 0.25) is 0 Å². The van der Waals surface area contributed by atoms with Gasteiger partial charge in [0.1, 0.15) is 0 Å². The quantitative estimate of drug-likeness (QED) is 0.510. The van der Waals surface area contributed by atoms with Crippen molar-refractivity contribution in [3.05, 3.63) is 67.1 Å². The summed E-state index contributed by atoms with van der Waals surface area (Å²) >= 11 is 22.4. The third-order valence-corrected chi connectivity index (χ3v) is 4.77. The largest absolute Gasteiger partial charge is 0.113 e. The van der Waals surface area contributed by atoms with Gasteiger partial charge in [0.25, 0.3) is 0 Å². The number of hydrogen-bond donors (Lipinski definition) is 0. The van der Waals surface area contributed by atoms with Crippen LogP contribution in [-0.4, -0.2) is 0 Å². The number of alkyl halides is 1. The molecule has 2 aromatic rings. The summed E-state index contributed by atoms with van der Waals surface area (Å²) in [5.41, 5.74) is 4.00. The maximum Gasteiger partial charge on any atom is 0.0852 e. The number of hydrogen-bond acceptors (Lipinski definition) is 0. The summed E-state index contributed by atoms with van der Waals surface area (Å²) in [7, 11) is 0. The van der Waals surface area contributed by atoms with Crippen LogP contribution < -0.4 is 0 Å². The van der Waals surface area contributed by atoms with Gasteiger partial charge in [-0.15, -0.1) is 11.6 Å². The molecule has 100 valence electrons. The number of rotatable bonds is 2. The van der Waals surface area contributed by atoms with Gasteiger partial charge in [0.05, 0.1) is 5.38 Å². The van der Waals surface area contributed by atoms with Gasteiger partial charge in [-0.3, -0.25) is 0 Å². The lowest BCUT2D eigenvalue weighted by atomic mass is 9.98. The van der Waals surface area contributed by atoms with Gasteiger partial charge in [-0.25, -0.2) is 0 Å². The summed E-state index contributed by atoms with van der Waals surface area (Å²) in [5.74, 6) is 0. The SMILES string of the molecule is Cc1cc(C(Cl)c2cc(Br)ccc2Cl)c(C)cc1Cl. The summed E-state index contributed by atoms with van der Waals surface area (Å²) in [6, 6.07) is 9.65. The second-order valence-corrected chi connectivity index (χ2v) is 6.65. The Balaban J connectivity index is 2.52. The average molecular weight is 379 g/mol. The molecule has 1 atom stereocenters. The molecule has 0 fully saturated rings. The van der Waals surface area contributed by atoms with Crippen molar-refractivity contribution >= 4 is 50.7 Å². The van der Waals surface area contributed by atoms with Crippen molar-refractivity contribution in [2.24, 2.45) is 0 Å². The molecule has 1 unspecified atom stereocenters. The van der Waals surface area contributed by atoms with Crippen molar-refractivity contribution in [3.63, 3.8) is 0 Å². The van der Waals surface area contributed by atoms with E-state index in [1.807, 2.05) is 44.2 Å². The number of aryl methyl sites for hydroxylation is 2. The van der Waals surface area contributed by atoms with E-state index < -0.39 is 0 Å².